The standard InChI is InChI=1S/C29H38BrN3O8S/c1-19(2)16-33(42(37,38)22-10-8-21(9-11-22)31-27(35)15-30)17-25(34)24(14-20-6-4-3-5-7-20)32-29(36)41-26-18-40-28-23(26)12-13-39-28/h3-11,19,23-26,28,34H,12-18H2,1-2H3,(H,31,35)(H,32,36)/t23-,24?,25+,26?,28+/m0/s1. The number of aliphatic hydroxyl groups excluding tert-OH is 1. The second-order valence-electron chi connectivity index (χ2n) is 10.9. The number of alkyl halides is 1. The van der Waals surface area contributed by atoms with Gasteiger partial charge in [-0.3, -0.25) is 4.79 Å². The van der Waals surface area contributed by atoms with Gasteiger partial charge in [0.05, 0.1) is 41.5 Å². The van der Waals surface area contributed by atoms with Crippen molar-refractivity contribution < 1.29 is 37.3 Å². The lowest BCUT2D eigenvalue weighted by molar-refractivity contribution is -0.113. The Labute approximate surface area is 255 Å². The van der Waals surface area contributed by atoms with Gasteiger partial charge in [-0.05, 0) is 48.6 Å². The van der Waals surface area contributed by atoms with E-state index in [1.165, 1.54) is 28.6 Å². The molecule has 4 rings (SSSR count). The number of hydrogen-bond acceptors (Lipinski definition) is 8. The molecule has 2 aromatic rings. The number of rotatable bonds is 13. The molecule has 2 amide bonds. The normalized spacial score (nSPS) is 21.6. The maximum Gasteiger partial charge on any atom is 0.407 e. The lowest BCUT2D eigenvalue weighted by Gasteiger charge is -2.31. The van der Waals surface area contributed by atoms with Crippen LogP contribution < -0.4 is 10.6 Å². The summed E-state index contributed by atoms with van der Waals surface area (Å²) in [6, 6.07) is 14.3. The number of carbonyl (C=O) groups excluding carboxylic acids is 2. The molecular weight excluding hydrogens is 630 g/mol. The van der Waals surface area contributed by atoms with Gasteiger partial charge in [-0.1, -0.05) is 60.1 Å². The fourth-order valence-corrected chi connectivity index (χ4v) is 6.85. The summed E-state index contributed by atoms with van der Waals surface area (Å²) in [6.07, 6.45) is -1.83. The van der Waals surface area contributed by atoms with Crippen molar-refractivity contribution in [2.24, 2.45) is 11.8 Å². The van der Waals surface area contributed by atoms with Gasteiger partial charge in [0.25, 0.3) is 0 Å². The van der Waals surface area contributed by atoms with Crippen LogP contribution in [0, 0.1) is 11.8 Å². The molecule has 0 radical (unpaired) electrons. The van der Waals surface area contributed by atoms with Gasteiger partial charge in [-0.15, -0.1) is 0 Å². The van der Waals surface area contributed by atoms with Crippen molar-refractivity contribution >= 4 is 43.6 Å². The number of benzene rings is 2. The van der Waals surface area contributed by atoms with E-state index < -0.39 is 34.4 Å². The van der Waals surface area contributed by atoms with Gasteiger partial charge in [0.2, 0.25) is 15.9 Å². The lowest BCUT2D eigenvalue weighted by Crippen LogP contribution is -2.51. The fraction of sp³-hybridized carbons (Fsp3) is 0.517. The van der Waals surface area contributed by atoms with Crippen LogP contribution in [-0.2, 0) is 35.4 Å². The number of nitrogens with zero attached hydrogens (tertiary/aromatic N) is 1. The van der Waals surface area contributed by atoms with Crippen LogP contribution in [0.15, 0.2) is 59.5 Å². The Morgan fingerprint density at radius 2 is 1.81 bits per heavy atom. The number of fused-ring (bicyclic) bond motifs is 1. The van der Waals surface area contributed by atoms with Crippen molar-refractivity contribution in [3.8, 4) is 0 Å². The molecule has 2 aliphatic rings. The highest BCUT2D eigenvalue weighted by molar-refractivity contribution is 9.09. The molecule has 0 aliphatic carbocycles. The Kier molecular flexibility index (Phi) is 11.4. The van der Waals surface area contributed by atoms with Gasteiger partial charge < -0.3 is 30.0 Å². The minimum atomic E-state index is -4.03. The largest absolute Gasteiger partial charge is 0.443 e. The van der Waals surface area contributed by atoms with Crippen LogP contribution in [0.3, 0.4) is 0 Å². The van der Waals surface area contributed by atoms with Crippen LogP contribution >= 0.6 is 15.9 Å². The quantitative estimate of drug-likeness (QED) is 0.277. The number of amides is 2. The molecule has 0 bridgehead atoms. The predicted molar refractivity (Wildman–Crippen MR) is 160 cm³/mol. The molecule has 13 heteroatoms. The zero-order valence-corrected chi connectivity index (χ0v) is 26.1. The topological polar surface area (TPSA) is 144 Å². The first-order valence-electron chi connectivity index (χ1n) is 13.9. The van der Waals surface area contributed by atoms with E-state index in [1.54, 1.807) is 0 Å². The molecule has 2 saturated heterocycles. The second kappa shape index (κ2) is 14.8. The molecule has 42 heavy (non-hydrogen) atoms. The molecule has 0 spiro atoms. The third-order valence-corrected chi connectivity index (χ3v) is 9.52. The molecule has 0 aromatic heterocycles. The molecule has 11 nitrogen and oxygen atoms in total. The number of carbonyl (C=O) groups is 2. The zero-order valence-electron chi connectivity index (χ0n) is 23.6. The van der Waals surface area contributed by atoms with Gasteiger partial charge in [0.15, 0.2) is 6.29 Å². The molecule has 2 aromatic carbocycles. The van der Waals surface area contributed by atoms with Gasteiger partial charge in [0.1, 0.15) is 6.10 Å². The average Bonchev–Trinajstić information content (AvgIpc) is 3.58. The van der Waals surface area contributed by atoms with Crippen molar-refractivity contribution in [1.29, 1.82) is 0 Å². The van der Waals surface area contributed by atoms with E-state index in [4.69, 9.17) is 14.2 Å². The Morgan fingerprint density at radius 3 is 2.48 bits per heavy atom. The van der Waals surface area contributed by atoms with E-state index in [0.29, 0.717) is 12.3 Å². The van der Waals surface area contributed by atoms with Crippen LogP contribution in [0.4, 0.5) is 10.5 Å². The average molecular weight is 669 g/mol. The Hall–Kier alpha value is -2.55. The first-order valence-corrected chi connectivity index (χ1v) is 16.5. The van der Waals surface area contributed by atoms with E-state index in [0.717, 1.165) is 12.0 Å². The molecule has 5 atom stereocenters. The van der Waals surface area contributed by atoms with Crippen LogP contribution in [0.2, 0.25) is 0 Å². The second-order valence-corrected chi connectivity index (χ2v) is 13.4. The number of anilines is 1. The smallest absolute Gasteiger partial charge is 0.407 e. The van der Waals surface area contributed by atoms with E-state index in [-0.39, 0.29) is 60.4 Å². The lowest BCUT2D eigenvalue weighted by atomic mass is 10.0. The number of nitrogens with one attached hydrogen (secondary N) is 2. The highest BCUT2D eigenvalue weighted by atomic mass is 79.9. The summed E-state index contributed by atoms with van der Waals surface area (Å²) in [5, 5.41) is 17.0. The molecule has 230 valence electrons. The highest BCUT2D eigenvalue weighted by Crippen LogP contribution is 2.33. The maximum absolute atomic E-state index is 13.7. The number of sulfonamides is 1. The summed E-state index contributed by atoms with van der Waals surface area (Å²) >= 11 is 3.08. The minimum Gasteiger partial charge on any atom is -0.443 e. The highest BCUT2D eigenvalue weighted by Gasteiger charge is 2.44. The molecule has 2 aliphatic heterocycles. The Bertz CT molecular complexity index is 1300. The predicted octanol–water partition coefficient (Wildman–Crippen LogP) is 3.13. The van der Waals surface area contributed by atoms with Crippen LogP contribution in [0.25, 0.3) is 0 Å². The van der Waals surface area contributed by atoms with Gasteiger partial charge in [0, 0.05) is 18.8 Å². The third kappa shape index (κ3) is 8.51. The molecule has 3 N–H and O–H groups in total. The number of halogens is 1. The number of aliphatic hydroxyl groups is 1. The Morgan fingerprint density at radius 1 is 1.10 bits per heavy atom. The van der Waals surface area contributed by atoms with Crippen molar-refractivity contribution in [2.75, 3.05) is 37.0 Å². The summed E-state index contributed by atoms with van der Waals surface area (Å²) < 4.78 is 45.4. The van der Waals surface area contributed by atoms with Crippen LogP contribution in [-0.4, -0.2) is 86.0 Å². The van der Waals surface area contributed by atoms with Crippen molar-refractivity contribution in [2.45, 2.75) is 56.1 Å². The first-order chi connectivity index (χ1) is 20.1. The van der Waals surface area contributed by atoms with Crippen molar-refractivity contribution in [3.05, 3.63) is 60.2 Å². The van der Waals surface area contributed by atoms with Gasteiger partial charge in [-0.25, -0.2) is 13.2 Å². The summed E-state index contributed by atoms with van der Waals surface area (Å²) in [6.45, 7) is 4.43. The van der Waals surface area contributed by atoms with Crippen molar-refractivity contribution in [1.82, 2.24) is 9.62 Å². The van der Waals surface area contributed by atoms with E-state index >= 15 is 0 Å². The number of ether oxygens (including phenoxy) is 3. The Balaban J connectivity index is 1.50. The molecule has 2 fully saturated rings. The summed E-state index contributed by atoms with van der Waals surface area (Å²) in [4.78, 5) is 24.7. The molecule has 2 unspecified atom stereocenters. The summed E-state index contributed by atoms with van der Waals surface area (Å²) in [7, 11) is -4.03. The molecule has 2 heterocycles. The van der Waals surface area contributed by atoms with E-state index in [1.807, 2.05) is 44.2 Å². The monoisotopic (exact) mass is 667 g/mol. The summed E-state index contributed by atoms with van der Waals surface area (Å²) in [5.41, 5.74) is 1.32. The van der Waals surface area contributed by atoms with Crippen LogP contribution in [0.1, 0.15) is 25.8 Å². The van der Waals surface area contributed by atoms with Crippen LogP contribution in [0.5, 0.6) is 0 Å². The number of hydrogen-bond donors (Lipinski definition) is 3. The molecule has 0 saturated carbocycles. The first kappa shape index (κ1) is 32.4. The number of alkyl carbamates (subject to hydrolysis) is 1. The third-order valence-electron chi connectivity index (χ3n) is 7.17. The fourth-order valence-electron chi connectivity index (χ4n) is 5.09. The zero-order chi connectivity index (χ0) is 30.3. The SMILES string of the molecule is CC(C)CN(C[C@@H](O)C(Cc1ccccc1)NC(=O)OC1CO[C@H]2OCC[C@@H]12)S(=O)(=O)c1ccc(NC(=O)CBr)cc1. The van der Waals surface area contributed by atoms with Gasteiger partial charge in [-0.2, -0.15) is 4.31 Å². The van der Waals surface area contributed by atoms with Crippen molar-refractivity contribution in [3.63, 3.8) is 0 Å². The minimum absolute atomic E-state index is 0.0220. The molecular formula is C29H38BrN3O8S. The van der Waals surface area contributed by atoms with E-state index in [2.05, 4.69) is 26.6 Å². The maximum atomic E-state index is 13.7. The summed E-state index contributed by atoms with van der Waals surface area (Å²) in [5.74, 6) is -0.347. The van der Waals surface area contributed by atoms with Gasteiger partial charge >= 0.3 is 6.09 Å². The van der Waals surface area contributed by atoms with E-state index in [9.17, 15) is 23.1 Å².